The van der Waals surface area contributed by atoms with Crippen molar-refractivity contribution < 1.29 is 0 Å². The monoisotopic (exact) mass is 272 g/mol. The van der Waals surface area contributed by atoms with Gasteiger partial charge in [0.1, 0.15) is 0 Å². The van der Waals surface area contributed by atoms with Crippen LogP contribution in [0.2, 0.25) is 0 Å². The molecule has 0 heterocycles. The van der Waals surface area contributed by atoms with Gasteiger partial charge in [-0.3, -0.25) is 0 Å². The second kappa shape index (κ2) is 5.35. The van der Waals surface area contributed by atoms with Gasteiger partial charge in [0.05, 0.1) is 0 Å². The molecule has 0 aromatic heterocycles. The van der Waals surface area contributed by atoms with Crippen LogP contribution < -0.4 is 0 Å². The summed E-state index contributed by atoms with van der Waals surface area (Å²) in [6.45, 7) is 9.64. The highest BCUT2D eigenvalue weighted by Crippen LogP contribution is 2.60. The first-order valence-electron chi connectivity index (χ1n) is 8.93. The lowest BCUT2D eigenvalue weighted by atomic mass is 9.49. The summed E-state index contributed by atoms with van der Waals surface area (Å²) in [5.74, 6) is 2.93. The summed E-state index contributed by atoms with van der Waals surface area (Å²) in [7, 11) is 0. The van der Waals surface area contributed by atoms with Crippen molar-refractivity contribution in [1.29, 1.82) is 0 Å². The van der Waals surface area contributed by atoms with Crippen LogP contribution in [-0.2, 0) is 0 Å². The van der Waals surface area contributed by atoms with E-state index in [1.807, 2.05) is 5.57 Å². The molecule has 0 bridgehead atoms. The second-order valence-corrected chi connectivity index (χ2v) is 8.05. The Bertz CT molecular complexity index is 435. The second-order valence-electron chi connectivity index (χ2n) is 8.05. The molecule has 20 heavy (non-hydrogen) atoms. The summed E-state index contributed by atoms with van der Waals surface area (Å²) in [4.78, 5) is 0. The van der Waals surface area contributed by atoms with Crippen LogP contribution in [0.25, 0.3) is 0 Å². The van der Waals surface area contributed by atoms with Gasteiger partial charge < -0.3 is 0 Å². The average Bonchev–Trinajstić information content (AvgIpc) is 2.45. The van der Waals surface area contributed by atoms with E-state index in [2.05, 4.69) is 33.8 Å². The molecule has 0 saturated heterocycles. The van der Waals surface area contributed by atoms with Gasteiger partial charge in [0.2, 0.25) is 0 Å². The molecule has 112 valence electrons. The van der Waals surface area contributed by atoms with E-state index >= 15 is 0 Å². The summed E-state index contributed by atoms with van der Waals surface area (Å²) in [5.41, 5.74) is 5.61. The Labute approximate surface area is 125 Å². The average molecular weight is 272 g/mol. The summed E-state index contributed by atoms with van der Waals surface area (Å²) in [5, 5.41) is 0. The van der Waals surface area contributed by atoms with E-state index in [4.69, 9.17) is 0 Å². The van der Waals surface area contributed by atoms with Crippen molar-refractivity contribution in [1.82, 2.24) is 0 Å². The lowest BCUT2D eigenvalue weighted by molar-refractivity contribution is -0.0153. The quantitative estimate of drug-likeness (QED) is 0.526. The number of fused-ring (bicyclic) bond motifs is 3. The van der Waals surface area contributed by atoms with E-state index < -0.39 is 0 Å². The van der Waals surface area contributed by atoms with Crippen molar-refractivity contribution in [2.75, 3.05) is 0 Å². The van der Waals surface area contributed by atoms with E-state index in [0.717, 1.165) is 17.8 Å². The molecule has 3 aliphatic carbocycles. The van der Waals surface area contributed by atoms with Gasteiger partial charge in [-0.1, -0.05) is 50.3 Å². The molecular weight excluding hydrogens is 240 g/mol. The van der Waals surface area contributed by atoms with Gasteiger partial charge in [-0.05, 0) is 74.7 Å². The van der Waals surface area contributed by atoms with E-state index in [1.165, 1.54) is 51.4 Å². The zero-order chi connectivity index (χ0) is 14.3. The zero-order valence-corrected chi connectivity index (χ0v) is 14.0. The maximum atomic E-state index is 2.64. The van der Waals surface area contributed by atoms with Crippen molar-refractivity contribution in [3.63, 3.8) is 0 Å². The van der Waals surface area contributed by atoms with Gasteiger partial charge in [-0.25, -0.2) is 0 Å². The minimum atomic E-state index is 0.621. The van der Waals surface area contributed by atoms with Crippen LogP contribution >= 0.6 is 0 Å². The summed E-state index contributed by atoms with van der Waals surface area (Å²) in [6.07, 6.45) is 14.1. The maximum Gasteiger partial charge on any atom is -0.0140 e. The fourth-order valence-electron chi connectivity index (χ4n) is 5.75. The number of hydrogen-bond donors (Lipinski definition) is 0. The van der Waals surface area contributed by atoms with Crippen LogP contribution in [0.5, 0.6) is 0 Å². The van der Waals surface area contributed by atoms with E-state index in [1.54, 1.807) is 11.1 Å². The molecule has 0 amide bonds. The molecule has 4 atom stereocenters. The molecule has 0 spiro atoms. The van der Waals surface area contributed by atoms with Crippen molar-refractivity contribution in [2.24, 2.45) is 23.2 Å². The van der Waals surface area contributed by atoms with E-state index in [-0.39, 0.29) is 0 Å². The SMILES string of the molecule is CC[C@@H]1CCCC2(C)C3CCC(=C(C)C)C=C3CCC12. The zero-order valence-electron chi connectivity index (χ0n) is 14.0. The van der Waals surface area contributed by atoms with Crippen molar-refractivity contribution >= 4 is 0 Å². The Morgan fingerprint density at radius 1 is 1.20 bits per heavy atom. The molecule has 3 unspecified atom stereocenters. The molecule has 0 N–H and O–H groups in total. The molecule has 3 aliphatic rings. The van der Waals surface area contributed by atoms with Gasteiger partial charge in [-0.2, -0.15) is 0 Å². The lowest BCUT2D eigenvalue weighted by Crippen LogP contribution is -2.46. The van der Waals surface area contributed by atoms with Crippen molar-refractivity contribution in [3.05, 3.63) is 22.8 Å². The van der Waals surface area contributed by atoms with Gasteiger partial charge in [0.15, 0.2) is 0 Å². The third-order valence-corrected chi connectivity index (χ3v) is 6.92. The van der Waals surface area contributed by atoms with E-state index in [0.29, 0.717) is 5.41 Å². The summed E-state index contributed by atoms with van der Waals surface area (Å²) >= 11 is 0. The normalized spacial score (nSPS) is 40.7. The molecule has 2 saturated carbocycles. The van der Waals surface area contributed by atoms with Crippen LogP contribution in [0.15, 0.2) is 22.8 Å². The first kappa shape index (κ1) is 14.4. The van der Waals surface area contributed by atoms with Crippen LogP contribution in [0.3, 0.4) is 0 Å². The van der Waals surface area contributed by atoms with Gasteiger partial charge in [-0.15, -0.1) is 0 Å². The first-order chi connectivity index (χ1) is 9.56. The molecule has 0 nitrogen and oxygen atoms in total. The highest BCUT2D eigenvalue weighted by Gasteiger charge is 2.50. The molecule has 0 aromatic rings. The predicted molar refractivity (Wildman–Crippen MR) is 87.6 cm³/mol. The molecule has 0 aromatic carbocycles. The fraction of sp³-hybridized carbons (Fsp3) is 0.800. The Kier molecular flexibility index (Phi) is 3.86. The number of rotatable bonds is 1. The van der Waals surface area contributed by atoms with Crippen LogP contribution in [0, 0.1) is 23.2 Å². The largest absolute Gasteiger partial charge is 0.0732 e. The molecular formula is C20H32. The van der Waals surface area contributed by atoms with Crippen LogP contribution in [0.4, 0.5) is 0 Å². The fourth-order valence-corrected chi connectivity index (χ4v) is 5.75. The maximum absolute atomic E-state index is 2.64. The molecule has 3 rings (SSSR count). The first-order valence-corrected chi connectivity index (χ1v) is 8.93. The predicted octanol–water partition coefficient (Wildman–Crippen LogP) is 6.29. The Balaban J connectivity index is 1.92. The Morgan fingerprint density at radius 2 is 2.00 bits per heavy atom. The molecule has 0 heteroatoms. The minimum Gasteiger partial charge on any atom is -0.0732 e. The molecule has 0 radical (unpaired) electrons. The summed E-state index contributed by atoms with van der Waals surface area (Å²) < 4.78 is 0. The van der Waals surface area contributed by atoms with Crippen molar-refractivity contribution in [2.45, 2.75) is 79.1 Å². The van der Waals surface area contributed by atoms with Crippen LogP contribution in [0.1, 0.15) is 79.1 Å². The minimum absolute atomic E-state index is 0.621. The molecule has 0 aliphatic heterocycles. The van der Waals surface area contributed by atoms with Gasteiger partial charge in [0, 0.05) is 0 Å². The number of allylic oxidation sites excluding steroid dienone is 4. The van der Waals surface area contributed by atoms with E-state index in [9.17, 15) is 0 Å². The van der Waals surface area contributed by atoms with Gasteiger partial charge in [0.25, 0.3) is 0 Å². The smallest absolute Gasteiger partial charge is 0.0140 e. The molecule has 2 fully saturated rings. The summed E-state index contributed by atoms with van der Waals surface area (Å²) in [6, 6.07) is 0. The van der Waals surface area contributed by atoms with Gasteiger partial charge >= 0.3 is 0 Å². The Hall–Kier alpha value is -0.520. The Morgan fingerprint density at radius 3 is 2.70 bits per heavy atom. The van der Waals surface area contributed by atoms with Crippen LogP contribution in [-0.4, -0.2) is 0 Å². The third kappa shape index (κ3) is 2.20. The topological polar surface area (TPSA) is 0 Å². The number of hydrogen-bond acceptors (Lipinski definition) is 0. The standard InChI is InChI=1S/C20H32/c1-5-15-7-6-12-20(4)18(15)11-9-17-13-16(14(2)3)8-10-19(17)20/h13,15,18-19H,5-12H2,1-4H3/t15-,18?,19?,20?/m1/s1. The highest BCUT2D eigenvalue weighted by molar-refractivity contribution is 5.34. The lowest BCUT2D eigenvalue weighted by Gasteiger charge is -2.56. The third-order valence-electron chi connectivity index (χ3n) is 6.92. The van der Waals surface area contributed by atoms with Crippen molar-refractivity contribution in [3.8, 4) is 0 Å². The highest BCUT2D eigenvalue weighted by atomic mass is 14.5.